The highest BCUT2D eigenvalue weighted by atomic mass is 32.1. The maximum absolute atomic E-state index is 4.02. The van der Waals surface area contributed by atoms with Gasteiger partial charge in [0.25, 0.3) is 0 Å². The lowest BCUT2D eigenvalue weighted by atomic mass is 9.91. The van der Waals surface area contributed by atoms with E-state index in [-0.39, 0.29) is 5.41 Å². The van der Waals surface area contributed by atoms with Crippen LogP contribution in [0.25, 0.3) is 0 Å². The molecule has 1 N–H and O–H groups in total. The molecule has 0 atom stereocenters. The van der Waals surface area contributed by atoms with Crippen LogP contribution in [0.2, 0.25) is 0 Å². The fraction of sp³-hybridized carbons (Fsp3) is 0.357. The van der Waals surface area contributed by atoms with Gasteiger partial charge in [-0.1, -0.05) is 19.9 Å². The first-order valence-electron chi connectivity index (χ1n) is 5.82. The molecule has 0 bridgehead atoms. The summed E-state index contributed by atoms with van der Waals surface area (Å²) in [6.07, 6.45) is 3.67. The predicted octanol–water partition coefficient (Wildman–Crippen LogP) is 3.21. The van der Waals surface area contributed by atoms with Gasteiger partial charge in [0.2, 0.25) is 0 Å². The van der Waals surface area contributed by atoms with Crippen molar-refractivity contribution in [2.75, 3.05) is 6.54 Å². The molecule has 90 valence electrons. The van der Waals surface area contributed by atoms with Crippen LogP contribution in [0, 0.1) is 0 Å². The summed E-state index contributed by atoms with van der Waals surface area (Å²) < 4.78 is 0. The van der Waals surface area contributed by atoms with Gasteiger partial charge < -0.3 is 5.32 Å². The monoisotopic (exact) mass is 246 g/mol. The van der Waals surface area contributed by atoms with Gasteiger partial charge in [-0.25, -0.2) is 0 Å². The Hall–Kier alpha value is -1.19. The summed E-state index contributed by atoms with van der Waals surface area (Å²) in [7, 11) is 0. The third-order valence-corrected chi connectivity index (χ3v) is 4.07. The van der Waals surface area contributed by atoms with Crippen molar-refractivity contribution in [2.45, 2.75) is 25.8 Å². The average molecular weight is 246 g/mol. The Morgan fingerprint density at radius 3 is 2.65 bits per heavy atom. The minimum Gasteiger partial charge on any atom is -0.312 e. The van der Waals surface area contributed by atoms with Crippen LogP contribution in [0.5, 0.6) is 0 Å². The van der Waals surface area contributed by atoms with E-state index in [2.05, 4.69) is 41.7 Å². The average Bonchev–Trinajstić information content (AvgIpc) is 2.84. The van der Waals surface area contributed by atoms with Crippen molar-refractivity contribution in [2.24, 2.45) is 0 Å². The van der Waals surface area contributed by atoms with Gasteiger partial charge >= 0.3 is 0 Å². The molecular weight excluding hydrogens is 228 g/mol. The van der Waals surface area contributed by atoms with E-state index in [0.717, 1.165) is 13.1 Å². The molecule has 2 rings (SSSR count). The highest BCUT2D eigenvalue weighted by Gasteiger charge is 2.20. The van der Waals surface area contributed by atoms with E-state index in [0.29, 0.717) is 0 Å². The van der Waals surface area contributed by atoms with Crippen molar-refractivity contribution in [3.63, 3.8) is 0 Å². The number of thiophene rings is 1. The van der Waals surface area contributed by atoms with E-state index in [1.807, 2.05) is 35.9 Å². The Morgan fingerprint density at radius 1 is 1.24 bits per heavy atom. The zero-order valence-electron chi connectivity index (χ0n) is 10.3. The number of hydrogen-bond acceptors (Lipinski definition) is 3. The zero-order chi connectivity index (χ0) is 12.1. The van der Waals surface area contributed by atoms with Gasteiger partial charge in [-0.3, -0.25) is 4.98 Å². The molecule has 0 saturated carbocycles. The Morgan fingerprint density at radius 2 is 2.00 bits per heavy atom. The fourth-order valence-corrected chi connectivity index (χ4v) is 2.62. The molecule has 17 heavy (non-hydrogen) atoms. The molecule has 0 aromatic carbocycles. The Labute approximate surface area is 107 Å². The molecule has 0 aliphatic heterocycles. The Balaban J connectivity index is 1.86. The van der Waals surface area contributed by atoms with Crippen LogP contribution in [-0.4, -0.2) is 11.5 Å². The van der Waals surface area contributed by atoms with Crippen molar-refractivity contribution >= 4 is 11.3 Å². The fourth-order valence-electron chi connectivity index (χ4n) is 1.77. The van der Waals surface area contributed by atoms with Gasteiger partial charge in [0.05, 0.1) is 0 Å². The maximum atomic E-state index is 4.02. The second kappa shape index (κ2) is 5.43. The van der Waals surface area contributed by atoms with Gasteiger partial charge in [-0.2, -0.15) is 0 Å². The summed E-state index contributed by atoms with van der Waals surface area (Å²) in [5, 5.41) is 5.65. The molecule has 0 fully saturated rings. The quantitative estimate of drug-likeness (QED) is 0.876. The number of pyridine rings is 1. The Kier molecular flexibility index (Phi) is 3.92. The minimum absolute atomic E-state index is 0.196. The van der Waals surface area contributed by atoms with Crippen LogP contribution in [0.3, 0.4) is 0 Å². The standard InChI is InChI=1S/C14H18N2S/c1-14(2,13-4-3-9-17-13)11-16-10-12-5-7-15-8-6-12/h3-9,16H,10-11H2,1-2H3. The number of aromatic nitrogens is 1. The van der Waals surface area contributed by atoms with Crippen LogP contribution in [-0.2, 0) is 12.0 Å². The summed E-state index contributed by atoms with van der Waals surface area (Å²) in [4.78, 5) is 5.45. The largest absolute Gasteiger partial charge is 0.312 e. The number of hydrogen-bond donors (Lipinski definition) is 1. The highest BCUT2D eigenvalue weighted by molar-refractivity contribution is 7.10. The van der Waals surface area contributed by atoms with Crippen molar-refractivity contribution in [3.05, 3.63) is 52.5 Å². The van der Waals surface area contributed by atoms with E-state index in [4.69, 9.17) is 0 Å². The molecule has 0 aliphatic carbocycles. The summed E-state index contributed by atoms with van der Waals surface area (Å²) in [5.41, 5.74) is 1.48. The van der Waals surface area contributed by atoms with Gasteiger partial charge in [0.15, 0.2) is 0 Å². The van der Waals surface area contributed by atoms with E-state index < -0.39 is 0 Å². The van der Waals surface area contributed by atoms with E-state index in [9.17, 15) is 0 Å². The smallest absolute Gasteiger partial charge is 0.0271 e. The molecule has 3 heteroatoms. The van der Waals surface area contributed by atoms with Crippen LogP contribution in [0.15, 0.2) is 42.0 Å². The van der Waals surface area contributed by atoms with Crippen molar-refractivity contribution < 1.29 is 0 Å². The summed E-state index contributed by atoms with van der Waals surface area (Å²) in [5.74, 6) is 0. The third-order valence-electron chi connectivity index (χ3n) is 2.83. The van der Waals surface area contributed by atoms with Gasteiger partial charge in [0, 0.05) is 35.8 Å². The van der Waals surface area contributed by atoms with Gasteiger partial charge in [-0.15, -0.1) is 11.3 Å². The molecule has 0 radical (unpaired) electrons. The predicted molar refractivity (Wildman–Crippen MR) is 73.3 cm³/mol. The molecule has 2 aromatic heterocycles. The van der Waals surface area contributed by atoms with Crippen LogP contribution in [0.4, 0.5) is 0 Å². The van der Waals surface area contributed by atoms with Crippen molar-refractivity contribution in [1.82, 2.24) is 10.3 Å². The zero-order valence-corrected chi connectivity index (χ0v) is 11.1. The van der Waals surface area contributed by atoms with E-state index >= 15 is 0 Å². The second-order valence-corrected chi connectivity index (χ2v) is 5.77. The molecule has 2 aromatic rings. The first-order valence-corrected chi connectivity index (χ1v) is 6.70. The Bertz CT molecular complexity index is 435. The first-order chi connectivity index (χ1) is 8.18. The SMILES string of the molecule is CC(C)(CNCc1ccncc1)c1cccs1. The molecule has 0 saturated heterocycles. The topological polar surface area (TPSA) is 24.9 Å². The lowest BCUT2D eigenvalue weighted by Gasteiger charge is -2.23. The van der Waals surface area contributed by atoms with Gasteiger partial charge in [0.1, 0.15) is 0 Å². The minimum atomic E-state index is 0.196. The molecule has 2 heterocycles. The lowest BCUT2D eigenvalue weighted by molar-refractivity contribution is 0.476. The maximum Gasteiger partial charge on any atom is 0.0271 e. The normalized spacial score (nSPS) is 11.6. The highest BCUT2D eigenvalue weighted by Crippen LogP contribution is 2.26. The van der Waals surface area contributed by atoms with E-state index in [1.54, 1.807) is 0 Å². The molecule has 0 spiro atoms. The molecule has 0 unspecified atom stereocenters. The third kappa shape index (κ3) is 3.38. The molecule has 0 amide bonds. The first kappa shape index (κ1) is 12.3. The van der Waals surface area contributed by atoms with Crippen LogP contribution in [0.1, 0.15) is 24.3 Å². The van der Waals surface area contributed by atoms with Gasteiger partial charge in [-0.05, 0) is 29.1 Å². The van der Waals surface area contributed by atoms with Crippen molar-refractivity contribution in [1.29, 1.82) is 0 Å². The molecule has 0 aliphatic rings. The molecule has 2 nitrogen and oxygen atoms in total. The van der Waals surface area contributed by atoms with Crippen molar-refractivity contribution in [3.8, 4) is 0 Å². The second-order valence-electron chi connectivity index (χ2n) is 4.82. The summed E-state index contributed by atoms with van der Waals surface area (Å²) in [6, 6.07) is 8.42. The summed E-state index contributed by atoms with van der Waals surface area (Å²) >= 11 is 1.83. The lowest BCUT2D eigenvalue weighted by Crippen LogP contribution is -2.31. The summed E-state index contributed by atoms with van der Waals surface area (Å²) in [6.45, 7) is 6.43. The molecular formula is C14H18N2S. The van der Waals surface area contributed by atoms with Crippen LogP contribution >= 0.6 is 11.3 Å². The number of rotatable bonds is 5. The van der Waals surface area contributed by atoms with E-state index in [1.165, 1.54) is 10.4 Å². The number of nitrogens with zero attached hydrogens (tertiary/aromatic N) is 1. The van der Waals surface area contributed by atoms with Crippen LogP contribution < -0.4 is 5.32 Å². The number of nitrogens with one attached hydrogen (secondary N) is 1.